The molecule has 1 saturated heterocycles. The third-order valence-corrected chi connectivity index (χ3v) is 6.28. The summed E-state index contributed by atoms with van der Waals surface area (Å²) >= 11 is 4.62. The van der Waals surface area contributed by atoms with Crippen LogP contribution in [-0.2, 0) is 9.84 Å². The van der Waals surface area contributed by atoms with E-state index in [0.29, 0.717) is 11.3 Å². The standard InChI is InChI=1S/C10H12BrNO3S2/c11-8-3-4-16-9(8)10(13)12-7-2-1-5-17(14,15)6-7/h3-4,7H,1-2,5-6H2,(H,12,13)/t7-/m1/s1. The number of thiophene rings is 1. The zero-order chi connectivity index (χ0) is 12.5. The van der Waals surface area contributed by atoms with Gasteiger partial charge in [0, 0.05) is 10.5 Å². The van der Waals surface area contributed by atoms with Gasteiger partial charge in [0.1, 0.15) is 4.88 Å². The fraction of sp³-hybridized carbons (Fsp3) is 0.500. The minimum absolute atomic E-state index is 0.0573. The Balaban J connectivity index is 2.02. The fourth-order valence-electron chi connectivity index (χ4n) is 1.84. The first-order chi connectivity index (χ1) is 7.98. The van der Waals surface area contributed by atoms with Gasteiger partial charge in [0.25, 0.3) is 5.91 Å². The molecule has 17 heavy (non-hydrogen) atoms. The van der Waals surface area contributed by atoms with Crippen LogP contribution in [0, 0.1) is 0 Å². The highest BCUT2D eigenvalue weighted by Gasteiger charge is 2.26. The molecule has 1 atom stereocenters. The van der Waals surface area contributed by atoms with Crippen molar-refractivity contribution in [3.05, 3.63) is 20.8 Å². The van der Waals surface area contributed by atoms with Crippen LogP contribution in [0.25, 0.3) is 0 Å². The molecule has 0 aliphatic carbocycles. The van der Waals surface area contributed by atoms with Gasteiger partial charge in [0.15, 0.2) is 9.84 Å². The highest BCUT2D eigenvalue weighted by Crippen LogP contribution is 2.23. The second kappa shape index (κ2) is 5.07. The highest BCUT2D eigenvalue weighted by molar-refractivity contribution is 9.10. The molecule has 1 fully saturated rings. The molecule has 2 heterocycles. The van der Waals surface area contributed by atoms with Gasteiger partial charge in [-0.15, -0.1) is 11.3 Å². The van der Waals surface area contributed by atoms with Crippen LogP contribution in [0.4, 0.5) is 0 Å². The van der Waals surface area contributed by atoms with Gasteiger partial charge in [-0.25, -0.2) is 8.42 Å². The van der Waals surface area contributed by atoms with Gasteiger partial charge in [-0.1, -0.05) is 0 Å². The number of halogens is 1. The molecule has 1 aliphatic heterocycles. The van der Waals surface area contributed by atoms with E-state index in [9.17, 15) is 13.2 Å². The van der Waals surface area contributed by atoms with E-state index in [1.165, 1.54) is 11.3 Å². The lowest BCUT2D eigenvalue weighted by molar-refractivity contribution is 0.0941. The first-order valence-corrected chi connectivity index (χ1v) is 8.71. The van der Waals surface area contributed by atoms with Gasteiger partial charge in [0.2, 0.25) is 0 Å². The molecule has 1 N–H and O–H groups in total. The van der Waals surface area contributed by atoms with Gasteiger partial charge in [-0.3, -0.25) is 4.79 Å². The number of carbonyl (C=O) groups excluding carboxylic acids is 1. The van der Waals surface area contributed by atoms with Crippen molar-refractivity contribution in [3.63, 3.8) is 0 Å². The number of hydrogen-bond acceptors (Lipinski definition) is 4. The number of sulfone groups is 1. The second-order valence-electron chi connectivity index (χ2n) is 4.02. The zero-order valence-corrected chi connectivity index (χ0v) is 12.2. The average molecular weight is 338 g/mol. The largest absolute Gasteiger partial charge is 0.348 e. The van der Waals surface area contributed by atoms with Gasteiger partial charge >= 0.3 is 0 Å². The lowest BCUT2D eigenvalue weighted by Gasteiger charge is -2.22. The van der Waals surface area contributed by atoms with Crippen molar-refractivity contribution in [2.45, 2.75) is 18.9 Å². The molecule has 0 saturated carbocycles. The van der Waals surface area contributed by atoms with E-state index in [4.69, 9.17) is 0 Å². The van der Waals surface area contributed by atoms with E-state index in [-0.39, 0.29) is 23.5 Å². The van der Waals surface area contributed by atoms with Gasteiger partial charge < -0.3 is 5.32 Å². The molecule has 2 rings (SSSR count). The maximum absolute atomic E-state index is 11.9. The summed E-state index contributed by atoms with van der Waals surface area (Å²) in [7, 11) is -2.98. The molecule has 0 radical (unpaired) electrons. The maximum atomic E-state index is 11.9. The van der Waals surface area contributed by atoms with E-state index in [1.807, 2.05) is 5.38 Å². The first-order valence-electron chi connectivity index (χ1n) is 5.22. The van der Waals surface area contributed by atoms with E-state index >= 15 is 0 Å². The minimum Gasteiger partial charge on any atom is -0.348 e. The summed E-state index contributed by atoms with van der Waals surface area (Å²) in [6.07, 6.45) is 1.35. The summed E-state index contributed by atoms with van der Waals surface area (Å²) in [5, 5.41) is 4.60. The van der Waals surface area contributed by atoms with Crippen molar-refractivity contribution in [3.8, 4) is 0 Å². The third-order valence-electron chi connectivity index (χ3n) is 2.62. The number of carbonyl (C=O) groups is 1. The normalized spacial score (nSPS) is 23.2. The van der Waals surface area contributed by atoms with E-state index in [2.05, 4.69) is 21.2 Å². The van der Waals surface area contributed by atoms with E-state index < -0.39 is 9.84 Å². The quantitative estimate of drug-likeness (QED) is 0.895. The molecular weight excluding hydrogens is 326 g/mol. The van der Waals surface area contributed by atoms with Crippen LogP contribution in [0.5, 0.6) is 0 Å². The van der Waals surface area contributed by atoms with Crippen LogP contribution < -0.4 is 5.32 Å². The molecule has 0 bridgehead atoms. The number of hydrogen-bond donors (Lipinski definition) is 1. The average Bonchev–Trinajstić information content (AvgIpc) is 2.62. The fourth-order valence-corrected chi connectivity index (χ4v) is 4.93. The molecular formula is C10H12BrNO3S2. The van der Waals surface area contributed by atoms with Crippen molar-refractivity contribution in [1.29, 1.82) is 0 Å². The monoisotopic (exact) mass is 337 g/mol. The summed E-state index contributed by atoms with van der Waals surface area (Å²) in [6.45, 7) is 0. The minimum atomic E-state index is -2.98. The van der Waals surface area contributed by atoms with Crippen LogP contribution in [0.15, 0.2) is 15.9 Å². The summed E-state index contributed by atoms with van der Waals surface area (Å²) in [5.74, 6) is 0.0954. The van der Waals surface area contributed by atoms with Crippen LogP contribution in [0.3, 0.4) is 0 Å². The van der Waals surface area contributed by atoms with E-state index in [1.54, 1.807) is 6.07 Å². The van der Waals surface area contributed by atoms with Crippen molar-refractivity contribution >= 4 is 43.0 Å². The van der Waals surface area contributed by atoms with Gasteiger partial charge in [-0.05, 0) is 40.2 Å². The molecule has 94 valence electrons. The third kappa shape index (κ3) is 3.29. The van der Waals surface area contributed by atoms with Crippen molar-refractivity contribution in [1.82, 2.24) is 5.32 Å². The molecule has 0 spiro atoms. The summed E-state index contributed by atoms with van der Waals surface area (Å²) in [5.41, 5.74) is 0. The Bertz CT molecular complexity index is 523. The summed E-state index contributed by atoms with van der Waals surface area (Å²) in [4.78, 5) is 12.5. The smallest absolute Gasteiger partial charge is 0.262 e. The molecule has 4 nitrogen and oxygen atoms in total. The Morgan fingerprint density at radius 3 is 2.88 bits per heavy atom. The Hall–Kier alpha value is -0.400. The SMILES string of the molecule is O=C(N[C@@H]1CCCS(=O)(=O)C1)c1sccc1Br. The van der Waals surface area contributed by atoms with E-state index in [0.717, 1.165) is 10.9 Å². The van der Waals surface area contributed by atoms with Crippen molar-refractivity contribution < 1.29 is 13.2 Å². The number of nitrogens with one attached hydrogen (secondary N) is 1. The van der Waals surface area contributed by atoms with Gasteiger partial charge in [-0.2, -0.15) is 0 Å². The lowest BCUT2D eigenvalue weighted by Crippen LogP contribution is -2.43. The highest BCUT2D eigenvalue weighted by atomic mass is 79.9. The zero-order valence-electron chi connectivity index (χ0n) is 8.98. The van der Waals surface area contributed by atoms with Gasteiger partial charge in [0.05, 0.1) is 11.5 Å². The molecule has 7 heteroatoms. The Morgan fingerprint density at radius 2 is 2.29 bits per heavy atom. The van der Waals surface area contributed by atoms with Crippen LogP contribution in [0.1, 0.15) is 22.5 Å². The first kappa shape index (κ1) is 13.0. The van der Waals surface area contributed by atoms with Crippen LogP contribution >= 0.6 is 27.3 Å². The summed E-state index contributed by atoms with van der Waals surface area (Å²) in [6, 6.07) is 1.55. The molecule has 0 unspecified atom stereocenters. The molecule has 1 aromatic rings. The molecule has 1 aromatic heterocycles. The summed E-state index contributed by atoms with van der Waals surface area (Å²) < 4.78 is 23.6. The Kier molecular flexibility index (Phi) is 3.89. The molecule has 1 amide bonds. The second-order valence-corrected chi connectivity index (χ2v) is 8.02. The molecule has 1 aliphatic rings. The lowest BCUT2D eigenvalue weighted by atomic mass is 10.2. The maximum Gasteiger partial charge on any atom is 0.262 e. The Morgan fingerprint density at radius 1 is 1.53 bits per heavy atom. The van der Waals surface area contributed by atoms with Crippen LogP contribution in [0.2, 0.25) is 0 Å². The topological polar surface area (TPSA) is 63.2 Å². The van der Waals surface area contributed by atoms with Crippen molar-refractivity contribution in [2.75, 3.05) is 11.5 Å². The predicted molar refractivity (Wildman–Crippen MR) is 71.2 cm³/mol. The molecule has 0 aromatic carbocycles. The Labute approximate surface area is 112 Å². The van der Waals surface area contributed by atoms with Crippen molar-refractivity contribution in [2.24, 2.45) is 0 Å². The number of amides is 1. The number of rotatable bonds is 2. The van der Waals surface area contributed by atoms with Crippen LogP contribution in [-0.4, -0.2) is 31.9 Å². The predicted octanol–water partition coefficient (Wildman–Crippen LogP) is 1.82.